The van der Waals surface area contributed by atoms with Crippen molar-refractivity contribution in [1.82, 2.24) is 9.55 Å². The highest BCUT2D eigenvalue weighted by Gasteiger charge is 2.32. The zero-order valence-corrected chi connectivity index (χ0v) is 22.8. The monoisotopic (exact) mass is 614 g/mol. The molecule has 0 amide bonds. The molecule has 0 saturated carbocycles. The van der Waals surface area contributed by atoms with E-state index >= 15 is 0 Å². The summed E-state index contributed by atoms with van der Waals surface area (Å²) in [4.78, 5) is 17.0. The zero-order chi connectivity index (χ0) is 31.6. The van der Waals surface area contributed by atoms with Crippen LogP contribution in [-0.2, 0) is 24.1 Å². The third kappa shape index (κ3) is 6.29. The highest BCUT2D eigenvalue weighted by molar-refractivity contribution is 5.87. The van der Waals surface area contributed by atoms with Gasteiger partial charge in [-0.25, -0.2) is 27.3 Å². The second kappa shape index (κ2) is 12.2. The highest BCUT2D eigenvalue weighted by atomic mass is 19.4. The molecular formula is C32H21F7N2O3. The van der Waals surface area contributed by atoms with E-state index in [2.05, 4.69) is 4.98 Å². The molecule has 3 aromatic carbocycles. The molecule has 0 aliphatic carbocycles. The molecule has 0 atom stereocenters. The summed E-state index contributed by atoms with van der Waals surface area (Å²) in [6.07, 6.45) is -4.73. The summed E-state index contributed by atoms with van der Waals surface area (Å²) in [7, 11) is 0. The van der Waals surface area contributed by atoms with Crippen LogP contribution in [0.2, 0.25) is 0 Å². The number of benzene rings is 3. The highest BCUT2D eigenvalue weighted by Crippen LogP contribution is 2.39. The Morgan fingerprint density at radius 3 is 1.98 bits per heavy atom. The van der Waals surface area contributed by atoms with Gasteiger partial charge in [-0.2, -0.15) is 13.2 Å². The summed E-state index contributed by atoms with van der Waals surface area (Å²) >= 11 is 0. The van der Waals surface area contributed by atoms with Gasteiger partial charge < -0.3 is 9.47 Å². The molecule has 0 fully saturated rings. The second-order valence-corrected chi connectivity index (χ2v) is 9.55. The maximum atomic E-state index is 14.2. The molecule has 0 N–H and O–H groups in total. The van der Waals surface area contributed by atoms with Gasteiger partial charge in [0, 0.05) is 11.3 Å². The van der Waals surface area contributed by atoms with Crippen molar-refractivity contribution in [3.05, 3.63) is 136 Å². The van der Waals surface area contributed by atoms with Gasteiger partial charge in [0.05, 0.1) is 22.4 Å². The number of hydrogen-bond acceptors (Lipinski definition) is 4. The number of carbonyl (C=O) groups is 1. The van der Waals surface area contributed by atoms with E-state index in [0.29, 0.717) is 5.69 Å². The number of rotatable bonds is 8. The van der Waals surface area contributed by atoms with Crippen molar-refractivity contribution in [3.8, 4) is 22.8 Å². The lowest BCUT2D eigenvalue weighted by Gasteiger charge is -2.18. The number of hydrogen-bond donors (Lipinski definition) is 0. The maximum Gasteiger partial charge on any atom is 0.416 e. The largest absolute Gasteiger partial charge is 0.488 e. The molecule has 12 heteroatoms. The number of nitrogens with zero attached hydrogens (tertiary/aromatic N) is 2. The van der Waals surface area contributed by atoms with Crippen molar-refractivity contribution >= 4 is 5.97 Å². The van der Waals surface area contributed by atoms with Crippen LogP contribution in [0.25, 0.3) is 17.1 Å². The number of aryl methyl sites for hydroxylation is 1. The van der Waals surface area contributed by atoms with Crippen molar-refractivity contribution in [2.75, 3.05) is 0 Å². The van der Waals surface area contributed by atoms with Gasteiger partial charge >= 0.3 is 12.1 Å². The van der Waals surface area contributed by atoms with Gasteiger partial charge in [0.15, 0.2) is 5.69 Å². The van der Waals surface area contributed by atoms with Gasteiger partial charge in [-0.05, 0) is 73.7 Å². The first kappa shape index (κ1) is 30.3. The molecule has 44 heavy (non-hydrogen) atoms. The van der Waals surface area contributed by atoms with Crippen molar-refractivity contribution in [2.24, 2.45) is 0 Å². The van der Waals surface area contributed by atoms with E-state index < -0.39 is 65.3 Å². The molecule has 0 radical (unpaired) electrons. The van der Waals surface area contributed by atoms with Gasteiger partial charge in [0.1, 0.15) is 48.1 Å². The van der Waals surface area contributed by atoms with E-state index in [1.54, 1.807) is 13.0 Å². The van der Waals surface area contributed by atoms with Crippen LogP contribution >= 0.6 is 0 Å². The quantitative estimate of drug-likeness (QED) is 0.130. The summed E-state index contributed by atoms with van der Waals surface area (Å²) < 4.78 is 110. The Morgan fingerprint density at radius 1 is 0.773 bits per heavy atom. The van der Waals surface area contributed by atoms with Crippen molar-refractivity contribution in [2.45, 2.75) is 26.3 Å². The average molecular weight is 615 g/mol. The zero-order valence-electron chi connectivity index (χ0n) is 22.8. The number of carbonyl (C=O) groups excluding carboxylic acids is 1. The number of esters is 1. The minimum Gasteiger partial charge on any atom is -0.488 e. The Kier molecular flexibility index (Phi) is 8.43. The van der Waals surface area contributed by atoms with Crippen molar-refractivity contribution in [1.29, 1.82) is 0 Å². The van der Waals surface area contributed by atoms with E-state index in [0.717, 1.165) is 48.5 Å². The number of alkyl halides is 3. The summed E-state index contributed by atoms with van der Waals surface area (Å²) in [6.45, 7) is 0.323. The Balaban J connectivity index is 1.51. The third-order valence-electron chi connectivity index (χ3n) is 6.67. The molecule has 0 bridgehead atoms. The molecule has 2 aromatic heterocycles. The smallest absolute Gasteiger partial charge is 0.416 e. The Bertz CT molecular complexity index is 1810. The van der Waals surface area contributed by atoms with Gasteiger partial charge in [-0.1, -0.05) is 18.2 Å². The molecule has 0 unspecified atom stereocenters. The third-order valence-corrected chi connectivity index (χ3v) is 6.67. The number of halogens is 7. The molecule has 5 nitrogen and oxygen atoms in total. The lowest BCUT2D eigenvalue weighted by atomic mass is 10.1. The summed E-state index contributed by atoms with van der Waals surface area (Å²) in [5.74, 6) is -4.59. The number of ether oxygens (including phenoxy) is 2. The molecule has 0 aliphatic heterocycles. The first-order chi connectivity index (χ1) is 20.9. The minimum absolute atomic E-state index is 0.0746. The molecule has 2 heterocycles. The van der Waals surface area contributed by atoms with Crippen molar-refractivity contribution in [3.63, 3.8) is 0 Å². The lowest BCUT2D eigenvalue weighted by Crippen LogP contribution is -2.12. The van der Waals surface area contributed by atoms with Gasteiger partial charge in [0.25, 0.3) is 0 Å². The molecule has 226 valence electrons. The molecule has 0 spiro atoms. The number of aromatic nitrogens is 2. The van der Waals surface area contributed by atoms with Gasteiger partial charge in [0.2, 0.25) is 0 Å². The fraction of sp³-hybridized carbons (Fsp3) is 0.125. The van der Waals surface area contributed by atoms with Crippen LogP contribution in [0.15, 0.2) is 84.9 Å². The normalized spacial score (nSPS) is 11.5. The predicted octanol–water partition coefficient (Wildman–Crippen LogP) is 8.36. The van der Waals surface area contributed by atoms with E-state index in [9.17, 15) is 35.5 Å². The first-order valence-corrected chi connectivity index (χ1v) is 13.0. The van der Waals surface area contributed by atoms with Crippen LogP contribution in [0, 0.1) is 30.2 Å². The van der Waals surface area contributed by atoms with Crippen LogP contribution < -0.4 is 4.74 Å². The minimum atomic E-state index is -4.73. The Morgan fingerprint density at radius 2 is 1.36 bits per heavy atom. The number of pyridine rings is 1. The van der Waals surface area contributed by atoms with Crippen LogP contribution in [0.3, 0.4) is 0 Å². The van der Waals surface area contributed by atoms with Crippen LogP contribution in [0.5, 0.6) is 5.75 Å². The van der Waals surface area contributed by atoms with Gasteiger partial charge in [-0.3, -0.25) is 4.57 Å². The molecule has 5 aromatic rings. The topological polar surface area (TPSA) is 53.4 Å². The van der Waals surface area contributed by atoms with Crippen molar-refractivity contribution < 1.29 is 45.0 Å². The second-order valence-electron chi connectivity index (χ2n) is 9.55. The Hall–Kier alpha value is -5.13. The maximum absolute atomic E-state index is 14.2. The SMILES string of the molecule is Cc1ccc(-c2cc(C(F)(F)F)ccc2OCc2c(F)cccc2F)n1-c1cccc(C(=O)OCc2c(F)cccc2F)n1. The fourth-order valence-electron chi connectivity index (χ4n) is 4.45. The van der Waals surface area contributed by atoms with E-state index in [-0.39, 0.29) is 28.5 Å². The molecule has 0 aliphatic rings. The van der Waals surface area contributed by atoms with Gasteiger partial charge in [-0.15, -0.1) is 0 Å². The average Bonchev–Trinajstić information content (AvgIpc) is 3.37. The molecule has 0 saturated heterocycles. The Labute approximate surface area is 246 Å². The van der Waals surface area contributed by atoms with E-state index in [1.807, 2.05) is 0 Å². The van der Waals surface area contributed by atoms with Crippen LogP contribution in [0.4, 0.5) is 30.7 Å². The summed E-state index contributed by atoms with van der Waals surface area (Å²) in [5, 5.41) is 0. The summed E-state index contributed by atoms with van der Waals surface area (Å²) in [6, 6.07) is 16.4. The standard InChI is InChI=1S/C32H21F7N2O3/c1-18-11-13-28(20-15-19(32(37,38)39)12-14-29(20)43-16-21-23(33)5-2-6-24(21)34)41(18)30-10-4-9-27(40-30)31(42)44-17-22-25(35)7-3-8-26(22)36/h2-15H,16-17H2,1H3. The van der Waals surface area contributed by atoms with E-state index in [4.69, 9.17) is 9.47 Å². The van der Waals surface area contributed by atoms with Crippen LogP contribution in [0.1, 0.15) is 32.9 Å². The van der Waals surface area contributed by atoms with Crippen LogP contribution in [-0.4, -0.2) is 15.5 Å². The van der Waals surface area contributed by atoms with E-state index in [1.165, 1.54) is 34.9 Å². The first-order valence-electron chi connectivity index (χ1n) is 13.0. The molecule has 5 rings (SSSR count). The predicted molar refractivity (Wildman–Crippen MR) is 145 cm³/mol. The summed E-state index contributed by atoms with van der Waals surface area (Å²) in [5.41, 5.74) is -1.53. The molecular weight excluding hydrogens is 593 g/mol. The fourth-order valence-corrected chi connectivity index (χ4v) is 4.45. The lowest BCUT2D eigenvalue weighted by molar-refractivity contribution is -0.137.